The summed E-state index contributed by atoms with van der Waals surface area (Å²) in [6.07, 6.45) is 1.06. The number of nitrogens with one attached hydrogen (secondary N) is 2. The number of hydrogen-bond acceptors (Lipinski definition) is 4. The van der Waals surface area contributed by atoms with E-state index >= 15 is 0 Å². The summed E-state index contributed by atoms with van der Waals surface area (Å²) in [5.41, 5.74) is 1.79. The van der Waals surface area contributed by atoms with E-state index in [9.17, 15) is 4.39 Å². The number of ether oxygens (including phenoxy) is 2. The molecule has 0 atom stereocenters. The van der Waals surface area contributed by atoms with E-state index in [1.54, 1.807) is 13.2 Å². The second-order valence-electron chi connectivity index (χ2n) is 5.75. The van der Waals surface area contributed by atoms with Gasteiger partial charge in [0.1, 0.15) is 12.4 Å². The highest BCUT2D eigenvalue weighted by molar-refractivity contribution is 9.10. The normalized spacial score (nSPS) is 10.8. The molecule has 0 saturated heterocycles. The zero-order valence-corrected chi connectivity index (χ0v) is 17.2. The van der Waals surface area contributed by atoms with Crippen molar-refractivity contribution in [3.05, 3.63) is 56.8 Å². The van der Waals surface area contributed by atoms with Crippen LogP contribution in [-0.2, 0) is 13.2 Å². The lowest BCUT2D eigenvalue weighted by atomic mass is 10.2. The van der Waals surface area contributed by atoms with Crippen molar-refractivity contribution in [3.63, 3.8) is 0 Å². The molecule has 0 saturated carbocycles. The molecule has 0 spiro atoms. The van der Waals surface area contributed by atoms with Gasteiger partial charge in [-0.1, -0.05) is 33.6 Å². The fourth-order valence-electron chi connectivity index (χ4n) is 2.39. The highest BCUT2D eigenvalue weighted by atomic mass is 79.9. The van der Waals surface area contributed by atoms with Crippen LogP contribution in [0, 0.1) is 5.82 Å². The van der Waals surface area contributed by atoms with Gasteiger partial charge in [-0.2, -0.15) is 0 Å². The molecule has 0 aromatic heterocycles. The topological polar surface area (TPSA) is 42.5 Å². The molecule has 0 heterocycles. The number of halogens is 3. The molecular formula is C19H23BrClFN2O2. The van der Waals surface area contributed by atoms with Gasteiger partial charge in [-0.05, 0) is 56.4 Å². The second-order valence-corrected chi connectivity index (χ2v) is 7.01. The minimum atomic E-state index is -0.370. The van der Waals surface area contributed by atoms with Crippen LogP contribution in [0.15, 0.2) is 34.8 Å². The average Bonchev–Trinajstić information content (AvgIpc) is 2.62. The van der Waals surface area contributed by atoms with Crippen LogP contribution >= 0.6 is 27.5 Å². The van der Waals surface area contributed by atoms with Crippen LogP contribution in [0.25, 0.3) is 0 Å². The van der Waals surface area contributed by atoms with Crippen LogP contribution < -0.4 is 20.1 Å². The molecule has 142 valence electrons. The first-order chi connectivity index (χ1) is 12.5. The summed E-state index contributed by atoms with van der Waals surface area (Å²) in [4.78, 5) is 0. The molecule has 2 aromatic rings. The molecule has 0 unspecified atom stereocenters. The van der Waals surface area contributed by atoms with Crippen LogP contribution in [0.2, 0.25) is 5.02 Å². The van der Waals surface area contributed by atoms with Crippen LogP contribution in [0.1, 0.15) is 17.5 Å². The molecule has 2 aromatic carbocycles. The standard InChI is InChI=1S/C19H23BrClFN2O2/c1-23-6-3-7-24-11-14-8-18(25-2)19(10-16(14)20)26-12-13-4-5-15(22)9-17(13)21/h4-5,8-10,23-24H,3,6-7,11-12H2,1-2H3. The van der Waals surface area contributed by atoms with Gasteiger partial charge < -0.3 is 20.1 Å². The molecule has 0 fully saturated rings. The Morgan fingerprint density at radius 1 is 1.12 bits per heavy atom. The van der Waals surface area contributed by atoms with E-state index in [2.05, 4.69) is 26.6 Å². The number of rotatable bonds is 10. The summed E-state index contributed by atoms with van der Waals surface area (Å²) < 4.78 is 25.4. The van der Waals surface area contributed by atoms with E-state index in [0.717, 1.165) is 36.1 Å². The number of hydrogen-bond donors (Lipinski definition) is 2. The maximum absolute atomic E-state index is 13.1. The van der Waals surface area contributed by atoms with Gasteiger partial charge in [0.2, 0.25) is 0 Å². The minimum Gasteiger partial charge on any atom is -0.493 e. The van der Waals surface area contributed by atoms with Crippen LogP contribution in [0.5, 0.6) is 11.5 Å². The lowest BCUT2D eigenvalue weighted by Gasteiger charge is -2.15. The Hall–Kier alpha value is -1.34. The van der Waals surface area contributed by atoms with Crippen molar-refractivity contribution in [1.82, 2.24) is 10.6 Å². The third kappa shape index (κ3) is 6.13. The molecule has 0 amide bonds. The van der Waals surface area contributed by atoms with E-state index in [4.69, 9.17) is 21.1 Å². The fraction of sp³-hybridized carbons (Fsp3) is 0.368. The van der Waals surface area contributed by atoms with Gasteiger partial charge in [0, 0.05) is 16.6 Å². The Kier molecular flexibility index (Phi) is 8.65. The quantitative estimate of drug-likeness (QED) is 0.527. The minimum absolute atomic E-state index is 0.226. The van der Waals surface area contributed by atoms with Gasteiger partial charge in [0.15, 0.2) is 11.5 Å². The smallest absolute Gasteiger partial charge is 0.162 e. The molecule has 0 aliphatic heterocycles. The van der Waals surface area contributed by atoms with Gasteiger partial charge in [0.25, 0.3) is 0 Å². The zero-order chi connectivity index (χ0) is 18.9. The van der Waals surface area contributed by atoms with Gasteiger partial charge >= 0.3 is 0 Å². The highest BCUT2D eigenvalue weighted by Gasteiger charge is 2.11. The number of benzene rings is 2. The van der Waals surface area contributed by atoms with E-state index in [-0.39, 0.29) is 12.4 Å². The second kappa shape index (κ2) is 10.7. The van der Waals surface area contributed by atoms with E-state index in [1.165, 1.54) is 12.1 Å². The molecule has 7 heteroatoms. The summed E-state index contributed by atoms with van der Waals surface area (Å²) in [5, 5.41) is 6.86. The van der Waals surface area contributed by atoms with Crippen LogP contribution in [0.4, 0.5) is 4.39 Å². The first-order valence-electron chi connectivity index (χ1n) is 8.33. The first kappa shape index (κ1) is 21.0. The highest BCUT2D eigenvalue weighted by Crippen LogP contribution is 2.34. The molecule has 0 aliphatic carbocycles. The lowest BCUT2D eigenvalue weighted by molar-refractivity contribution is 0.284. The van der Waals surface area contributed by atoms with Gasteiger partial charge in [-0.15, -0.1) is 0 Å². The maximum atomic E-state index is 13.1. The first-order valence-corrected chi connectivity index (χ1v) is 9.50. The molecule has 0 aliphatic rings. The summed E-state index contributed by atoms with van der Waals surface area (Å²) in [5.74, 6) is 0.864. The molecule has 0 bridgehead atoms. The summed E-state index contributed by atoms with van der Waals surface area (Å²) in [6, 6.07) is 8.07. The van der Waals surface area contributed by atoms with E-state index in [1.807, 2.05) is 19.2 Å². The fourth-order valence-corrected chi connectivity index (χ4v) is 3.08. The monoisotopic (exact) mass is 444 g/mol. The Bertz CT molecular complexity index is 731. The lowest BCUT2D eigenvalue weighted by Crippen LogP contribution is -2.19. The number of methoxy groups -OCH3 is 1. The van der Waals surface area contributed by atoms with Crippen molar-refractivity contribution >= 4 is 27.5 Å². The van der Waals surface area contributed by atoms with Crippen LogP contribution in [-0.4, -0.2) is 27.2 Å². The van der Waals surface area contributed by atoms with Gasteiger partial charge in [0.05, 0.1) is 12.1 Å². The molecule has 2 rings (SSSR count). The zero-order valence-electron chi connectivity index (χ0n) is 14.9. The predicted molar refractivity (Wildman–Crippen MR) is 107 cm³/mol. The van der Waals surface area contributed by atoms with Gasteiger partial charge in [-0.25, -0.2) is 4.39 Å². The third-order valence-corrected chi connectivity index (χ3v) is 4.92. The van der Waals surface area contributed by atoms with Crippen molar-refractivity contribution in [2.24, 2.45) is 0 Å². The SMILES string of the molecule is CNCCCNCc1cc(OC)c(OCc2ccc(F)cc2Cl)cc1Br. The average molecular weight is 446 g/mol. The third-order valence-electron chi connectivity index (χ3n) is 3.83. The summed E-state index contributed by atoms with van der Waals surface area (Å²) >= 11 is 9.63. The Balaban J connectivity index is 2.03. The van der Waals surface area contributed by atoms with E-state index in [0.29, 0.717) is 22.1 Å². The van der Waals surface area contributed by atoms with Crippen molar-refractivity contribution in [3.8, 4) is 11.5 Å². The Morgan fingerprint density at radius 3 is 2.62 bits per heavy atom. The molecule has 0 radical (unpaired) electrons. The van der Waals surface area contributed by atoms with Crippen molar-refractivity contribution in [1.29, 1.82) is 0 Å². The van der Waals surface area contributed by atoms with Crippen molar-refractivity contribution in [2.45, 2.75) is 19.6 Å². The Morgan fingerprint density at radius 2 is 1.92 bits per heavy atom. The largest absolute Gasteiger partial charge is 0.493 e. The maximum Gasteiger partial charge on any atom is 0.162 e. The molecule has 2 N–H and O–H groups in total. The van der Waals surface area contributed by atoms with Crippen molar-refractivity contribution < 1.29 is 13.9 Å². The summed E-state index contributed by atoms with van der Waals surface area (Å²) in [7, 11) is 3.55. The molecule has 4 nitrogen and oxygen atoms in total. The predicted octanol–water partition coefficient (Wildman–Crippen LogP) is 4.53. The van der Waals surface area contributed by atoms with Gasteiger partial charge in [-0.3, -0.25) is 0 Å². The molecule has 26 heavy (non-hydrogen) atoms. The van der Waals surface area contributed by atoms with Crippen LogP contribution in [0.3, 0.4) is 0 Å². The molecular weight excluding hydrogens is 423 g/mol. The van der Waals surface area contributed by atoms with Crippen molar-refractivity contribution in [2.75, 3.05) is 27.2 Å². The Labute approximate surface area is 167 Å². The van der Waals surface area contributed by atoms with E-state index < -0.39 is 0 Å². The summed E-state index contributed by atoms with van der Waals surface area (Å²) in [6.45, 7) is 2.86.